The molecule has 0 unspecified atom stereocenters. The van der Waals surface area contributed by atoms with Crippen LogP contribution in [0.15, 0.2) is 48.5 Å². The van der Waals surface area contributed by atoms with E-state index in [0.717, 1.165) is 36.3 Å². The fourth-order valence-corrected chi connectivity index (χ4v) is 4.06. The lowest BCUT2D eigenvalue weighted by Gasteiger charge is -2.42. The van der Waals surface area contributed by atoms with Gasteiger partial charge in [-0.1, -0.05) is 61.5 Å². The standard InChI is InChI=1S/C25H32N4/c1-7-24(3,4)28-17-18-13-9-10-14-19(18)23-22(20-15-11-12-16-21(20)28)26-27-29(23)25(5,6)8-2/h9-16H,7-8,17H2,1-6H3. The Kier molecular flexibility index (Phi) is 4.76. The second-order valence-corrected chi connectivity index (χ2v) is 9.29. The van der Waals surface area contributed by atoms with E-state index in [1.807, 2.05) is 0 Å². The van der Waals surface area contributed by atoms with Crippen LogP contribution >= 0.6 is 0 Å². The number of rotatable bonds is 4. The Bertz CT molecular complexity index is 1030. The molecule has 0 atom stereocenters. The van der Waals surface area contributed by atoms with Gasteiger partial charge in [-0.05, 0) is 52.2 Å². The zero-order chi connectivity index (χ0) is 20.8. The van der Waals surface area contributed by atoms with Gasteiger partial charge in [-0.15, -0.1) is 5.10 Å². The third-order valence-corrected chi connectivity index (χ3v) is 6.76. The second kappa shape index (κ2) is 7.01. The molecule has 3 aromatic rings. The fourth-order valence-electron chi connectivity index (χ4n) is 4.06. The highest BCUT2D eigenvalue weighted by molar-refractivity contribution is 5.88. The molecule has 0 spiro atoms. The fraction of sp³-hybridized carbons (Fsp3) is 0.440. The molecule has 1 aliphatic rings. The second-order valence-electron chi connectivity index (χ2n) is 9.29. The normalized spacial score (nSPS) is 13.9. The van der Waals surface area contributed by atoms with Crippen LogP contribution in [-0.2, 0) is 12.1 Å². The Morgan fingerprint density at radius 2 is 1.45 bits per heavy atom. The number of fused-ring (bicyclic) bond motifs is 5. The first-order chi connectivity index (χ1) is 13.8. The van der Waals surface area contributed by atoms with Crippen LogP contribution in [0.5, 0.6) is 0 Å². The molecular formula is C25H32N4. The molecule has 0 saturated heterocycles. The summed E-state index contributed by atoms with van der Waals surface area (Å²) in [7, 11) is 0. The number of nitrogens with zero attached hydrogens (tertiary/aromatic N) is 4. The third kappa shape index (κ3) is 3.15. The topological polar surface area (TPSA) is 34.0 Å². The summed E-state index contributed by atoms with van der Waals surface area (Å²) in [5.41, 5.74) is 6.98. The first kappa shape index (κ1) is 19.7. The highest BCUT2D eigenvalue weighted by atomic mass is 15.5. The van der Waals surface area contributed by atoms with Crippen LogP contribution in [0.1, 0.15) is 59.9 Å². The maximum Gasteiger partial charge on any atom is 0.123 e. The Morgan fingerprint density at radius 1 is 0.828 bits per heavy atom. The molecule has 0 saturated carbocycles. The van der Waals surface area contributed by atoms with Crippen LogP contribution in [0.3, 0.4) is 0 Å². The van der Waals surface area contributed by atoms with Crippen LogP contribution in [0.25, 0.3) is 22.5 Å². The highest BCUT2D eigenvalue weighted by Gasteiger charge is 2.34. The number of hydrogen-bond donors (Lipinski definition) is 0. The van der Waals surface area contributed by atoms with Gasteiger partial charge in [-0.2, -0.15) is 0 Å². The van der Waals surface area contributed by atoms with E-state index in [1.54, 1.807) is 0 Å². The van der Waals surface area contributed by atoms with E-state index in [1.165, 1.54) is 16.8 Å². The predicted molar refractivity (Wildman–Crippen MR) is 121 cm³/mol. The van der Waals surface area contributed by atoms with Crippen molar-refractivity contribution >= 4 is 5.69 Å². The zero-order valence-electron chi connectivity index (χ0n) is 18.5. The average molecular weight is 389 g/mol. The molecule has 152 valence electrons. The SMILES string of the molecule is CCC(C)(C)N1Cc2ccccc2-c2c(nnn2C(C)(C)CC)-c2ccccc21. The molecule has 0 amide bonds. The van der Waals surface area contributed by atoms with Gasteiger partial charge in [-0.3, -0.25) is 0 Å². The van der Waals surface area contributed by atoms with Crippen LogP contribution in [0.2, 0.25) is 0 Å². The summed E-state index contributed by atoms with van der Waals surface area (Å²) in [6.07, 6.45) is 2.05. The van der Waals surface area contributed by atoms with E-state index >= 15 is 0 Å². The van der Waals surface area contributed by atoms with E-state index in [0.29, 0.717) is 0 Å². The maximum atomic E-state index is 4.74. The number of benzene rings is 2. The van der Waals surface area contributed by atoms with Crippen LogP contribution < -0.4 is 4.90 Å². The van der Waals surface area contributed by atoms with Gasteiger partial charge in [0.25, 0.3) is 0 Å². The van der Waals surface area contributed by atoms with Gasteiger partial charge in [0.15, 0.2) is 0 Å². The molecule has 0 radical (unpaired) electrons. The Hall–Kier alpha value is -2.62. The minimum Gasteiger partial charge on any atom is -0.362 e. The number of para-hydroxylation sites is 1. The largest absolute Gasteiger partial charge is 0.362 e. The number of aromatic nitrogens is 3. The molecule has 29 heavy (non-hydrogen) atoms. The van der Waals surface area contributed by atoms with E-state index in [9.17, 15) is 0 Å². The summed E-state index contributed by atoms with van der Waals surface area (Å²) in [5, 5.41) is 9.42. The van der Waals surface area contributed by atoms with Crippen molar-refractivity contribution in [1.29, 1.82) is 0 Å². The van der Waals surface area contributed by atoms with Crippen molar-refractivity contribution in [3.63, 3.8) is 0 Å². The average Bonchev–Trinajstić information content (AvgIpc) is 3.16. The zero-order valence-corrected chi connectivity index (χ0v) is 18.5. The maximum absolute atomic E-state index is 4.74. The molecule has 0 bridgehead atoms. The van der Waals surface area contributed by atoms with E-state index in [-0.39, 0.29) is 11.1 Å². The first-order valence-electron chi connectivity index (χ1n) is 10.7. The number of hydrogen-bond acceptors (Lipinski definition) is 3. The summed E-state index contributed by atoms with van der Waals surface area (Å²) in [4.78, 5) is 2.54. The quantitative estimate of drug-likeness (QED) is 0.528. The Balaban J connectivity index is 2.08. The number of anilines is 1. The molecule has 4 rings (SSSR count). The van der Waals surface area contributed by atoms with Crippen LogP contribution in [0.4, 0.5) is 5.69 Å². The van der Waals surface area contributed by atoms with Gasteiger partial charge in [0.1, 0.15) is 5.69 Å². The third-order valence-electron chi connectivity index (χ3n) is 6.76. The van der Waals surface area contributed by atoms with Gasteiger partial charge in [0.2, 0.25) is 0 Å². The van der Waals surface area contributed by atoms with Crippen molar-refractivity contribution in [2.24, 2.45) is 0 Å². The van der Waals surface area contributed by atoms with E-state index in [2.05, 4.69) is 105 Å². The van der Waals surface area contributed by atoms with E-state index in [4.69, 9.17) is 5.10 Å². The van der Waals surface area contributed by atoms with E-state index < -0.39 is 0 Å². The lowest BCUT2D eigenvalue weighted by atomic mass is 9.90. The molecule has 0 fully saturated rings. The van der Waals surface area contributed by atoms with Crippen molar-refractivity contribution in [1.82, 2.24) is 15.0 Å². The summed E-state index contributed by atoms with van der Waals surface area (Å²) in [5.74, 6) is 0. The Morgan fingerprint density at radius 3 is 2.14 bits per heavy atom. The molecule has 2 aromatic carbocycles. The molecule has 4 nitrogen and oxygen atoms in total. The summed E-state index contributed by atoms with van der Waals surface area (Å²) >= 11 is 0. The van der Waals surface area contributed by atoms with Crippen molar-refractivity contribution in [2.45, 2.75) is 72.0 Å². The van der Waals surface area contributed by atoms with Crippen molar-refractivity contribution in [3.8, 4) is 22.5 Å². The summed E-state index contributed by atoms with van der Waals surface area (Å²) in [6, 6.07) is 17.4. The molecule has 4 heteroatoms. The summed E-state index contributed by atoms with van der Waals surface area (Å²) < 4.78 is 2.14. The van der Waals surface area contributed by atoms with Crippen molar-refractivity contribution in [3.05, 3.63) is 54.1 Å². The summed E-state index contributed by atoms with van der Waals surface area (Å²) in [6.45, 7) is 14.5. The minimum absolute atomic E-state index is 0.0272. The van der Waals surface area contributed by atoms with Gasteiger partial charge in [0, 0.05) is 28.9 Å². The van der Waals surface area contributed by atoms with Gasteiger partial charge in [-0.25, -0.2) is 4.68 Å². The van der Waals surface area contributed by atoms with Gasteiger partial charge >= 0.3 is 0 Å². The molecule has 2 heterocycles. The minimum atomic E-state index is -0.107. The molecular weight excluding hydrogens is 356 g/mol. The first-order valence-corrected chi connectivity index (χ1v) is 10.7. The lowest BCUT2D eigenvalue weighted by Crippen LogP contribution is -2.43. The lowest BCUT2D eigenvalue weighted by molar-refractivity contribution is 0.304. The van der Waals surface area contributed by atoms with Crippen molar-refractivity contribution in [2.75, 3.05) is 4.90 Å². The smallest absolute Gasteiger partial charge is 0.123 e. The van der Waals surface area contributed by atoms with Gasteiger partial charge < -0.3 is 4.90 Å². The monoisotopic (exact) mass is 388 g/mol. The van der Waals surface area contributed by atoms with Gasteiger partial charge in [0.05, 0.1) is 11.2 Å². The Labute approximate surface area is 174 Å². The molecule has 0 N–H and O–H groups in total. The predicted octanol–water partition coefficient (Wildman–Crippen LogP) is 6.27. The highest BCUT2D eigenvalue weighted by Crippen LogP contribution is 2.44. The van der Waals surface area contributed by atoms with Crippen molar-refractivity contribution < 1.29 is 0 Å². The molecule has 1 aliphatic heterocycles. The molecule has 1 aromatic heterocycles. The van der Waals surface area contributed by atoms with Crippen LogP contribution in [0, 0.1) is 0 Å². The van der Waals surface area contributed by atoms with Crippen LogP contribution in [-0.4, -0.2) is 20.5 Å². The molecule has 0 aliphatic carbocycles.